The Morgan fingerprint density at radius 2 is 1.60 bits per heavy atom. The summed E-state index contributed by atoms with van der Waals surface area (Å²) in [5.74, 6) is -1.30. The molecule has 0 fully saturated rings. The Bertz CT molecular complexity index is 979. The smallest absolute Gasteiger partial charge is 0.407 e. The van der Waals surface area contributed by atoms with Crippen molar-refractivity contribution in [3.8, 4) is 11.1 Å². The zero-order chi connectivity index (χ0) is 25.2. The summed E-state index contributed by atoms with van der Waals surface area (Å²) < 4.78 is 11.0. The van der Waals surface area contributed by atoms with Crippen LogP contribution < -0.4 is 10.6 Å². The second kappa shape index (κ2) is 12.9. The first-order valence-electron chi connectivity index (χ1n) is 12.1. The van der Waals surface area contributed by atoms with Gasteiger partial charge in [0.1, 0.15) is 6.61 Å². The van der Waals surface area contributed by atoms with Crippen molar-refractivity contribution in [2.75, 3.05) is 19.8 Å². The largest absolute Gasteiger partial charge is 0.481 e. The molecule has 0 aromatic heterocycles. The van der Waals surface area contributed by atoms with Gasteiger partial charge in [-0.05, 0) is 35.6 Å². The molecule has 2 aromatic rings. The maximum atomic E-state index is 12.6. The lowest BCUT2D eigenvalue weighted by Crippen LogP contribution is -2.41. The first kappa shape index (κ1) is 26.2. The van der Waals surface area contributed by atoms with Gasteiger partial charge in [-0.3, -0.25) is 9.59 Å². The zero-order valence-electron chi connectivity index (χ0n) is 20.3. The highest BCUT2D eigenvalue weighted by Gasteiger charge is 2.29. The maximum Gasteiger partial charge on any atom is 0.407 e. The second-order valence-electron chi connectivity index (χ2n) is 8.64. The number of hydrogen-bond acceptors (Lipinski definition) is 5. The number of fused-ring (bicyclic) bond motifs is 3. The molecule has 0 heterocycles. The van der Waals surface area contributed by atoms with Crippen LogP contribution in [0.15, 0.2) is 48.5 Å². The highest BCUT2D eigenvalue weighted by atomic mass is 16.5. The monoisotopic (exact) mass is 482 g/mol. The number of carbonyl (C=O) groups is 3. The van der Waals surface area contributed by atoms with Gasteiger partial charge in [0.15, 0.2) is 0 Å². The van der Waals surface area contributed by atoms with Gasteiger partial charge in [0.05, 0.1) is 12.5 Å². The number of rotatable bonds is 13. The molecule has 2 amide bonds. The molecule has 1 unspecified atom stereocenters. The summed E-state index contributed by atoms with van der Waals surface area (Å²) in [7, 11) is 0. The molecule has 188 valence electrons. The van der Waals surface area contributed by atoms with Gasteiger partial charge in [0, 0.05) is 31.5 Å². The summed E-state index contributed by atoms with van der Waals surface area (Å²) in [5.41, 5.74) is 4.59. The average Bonchev–Trinajstić information content (AvgIpc) is 3.15. The first-order chi connectivity index (χ1) is 16.9. The molecule has 35 heavy (non-hydrogen) atoms. The first-order valence-corrected chi connectivity index (χ1v) is 12.1. The van der Waals surface area contributed by atoms with E-state index in [1.165, 1.54) is 0 Å². The van der Waals surface area contributed by atoms with Crippen molar-refractivity contribution in [2.45, 2.75) is 57.6 Å². The van der Waals surface area contributed by atoms with E-state index in [9.17, 15) is 14.4 Å². The third kappa shape index (κ3) is 7.29. The highest BCUT2D eigenvalue weighted by Crippen LogP contribution is 2.44. The Kier molecular flexibility index (Phi) is 9.66. The molecule has 0 bridgehead atoms. The van der Waals surface area contributed by atoms with Gasteiger partial charge in [-0.15, -0.1) is 0 Å². The molecule has 0 aliphatic heterocycles. The number of carboxylic acids is 1. The van der Waals surface area contributed by atoms with E-state index in [1.807, 2.05) is 31.2 Å². The van der Waals surface area contributed by atoms with Crippen LogP contribution in [0.2, 0.25) is 0 Å². The molecule has 1 aliphatic carbocycles. The summed E-state index contributed by atoms with van der Waals surface area (Å²) in [5, 5.41) is 14.5. The summed E-state index contributed by atoms with van der Waals surface area (Å²) in [6.45, 7) is 4.41. The number of ether oxygens (including phenoxy) is 2. The molecule has 3 N–H and O–H groups in total. The SMILES string of the molecule is CCC[C@H](CC(=O)NCC(CC(=O)O)OCC)NC(=O)OCC1c2ccccc2-c2ccccc21. The molecule has 2 aromatic carbocycles. The van der Waals surface area contributed by atoms with Crippen molar-refractivity contribution in [2.24, 2.45) is 0 Å². The summed E-state index contributed by atoms with van der Waals surface area (Å²) in [4.78, 5) is 36.0. The third-order valence-electron chi connectivity index (χ3n) is 6.07. The van der Waals surface area contributed by atoms with E-state index < -0.39 is 18.2 Å². The lowest BCUT2D eigenvalue weighted by Gasteiger charge is -2.20. The Labute approximate surface area is 206 Å². The number of carbonyl (C=O) groups excluding carboxylic acids is 2. The predicted octanol–water partition coefficient (Wildman–Crippen LogP) is 4.08. The molecule has 8 nitrogen and oxygen atoms in total. The molecule has 1 aliphatic rings. The van der Waals surface area contributed by atoms with Crippen LogP contribution in [0.4, 0.5) is 4.79 Å². The minimum Gasteiger partial charge on any atom is -0.481 e. The van der Waals surface area contributed by atoms with Crippen molar-refractivity contribution in [3.63, 3.8) is 0 Å². The van der Waals surface area contributed by atoms with Crippen molar-refractivity contribution in [1.29, 1.82) is 0 Å². The van der Waals surface area contributed by atoms with Gasteiger partial charge in [0.25, 0.3) is 0 Å². The molecular weight excluding hydrogens is 448 g/mol. The standard InChI is InChI=1S/C27H34N2O6/c1-3-9-18(14-25(30)28-16-19(34-4-2)15-26(31)32)29-27(33)35-17-24-22-12-7-5-10-20(22)21-11-6-8-13-23(21)24/h5-8,10-13,18-19,24H,3-4,9,14-17H2,1-2H3,(H,28,30)(H,29,33)(H,31,32)/t18-,19?/m1/s1. The Morgan fingerprint density at radius 3 is 2.17 bits per heavy atom. The van der Waals surface area contributed by atoms with E-state index >= 15 is 0 Å². The fraction of sp³-hybridized carbons (Fsp3) is 0.444. The second-order valence-corrected chi connectivity index (χ2v) is 8.64. The van der Waals surface area contributed by atoms with Crippen LogP contribution in [0.1, 0.15) is 56.6 Å². The van der Waals surface area contributed by atoms with Crippen LogP contribution in [0.3, 0.4) is 0 Å². The van der Waals surface area contributed by atoms with Crippen LogP contribution in [-0.4, -0.2) is 55.0 Å². The normalized spacial score (nSPS) is 13.9. The average molecular weight is 483 g/mol. The topological polar surface area (TPSA) is 114 Å². The van der Waals surface area contributed by atoms with Crippen molar-refractivity contribution in [3.05, 3.63) is 59.7 Å². The Balaban J connectivity index is 1.53. The van der Waals surface area contributed by atoms with Gasteiger partial charge >= 0.3 is 12.1 Å². The third-order valence-corrected chi connectivity index (χ3v) is 6.07. The lowest BCUT2D eigenvalue weighted by atomic mass is 9.98. The minimum atomic E-state index is -0.988. The maximum absolute atomic E-state index is 12.6. The fourth-order valence-electron chi connectivity index (χ4n) is 4.52. The summed E-state index contributed by atoms with van der Waals surface area (Å²) in [6, 6.07) is 15.9. The highest BCUT2D eigenvalue weighted by molar-refractivity contribution is 5.79. The molecule has 0 saturated carbocycles. The molecule has 3 rings (SSSR count). The fourth-order valence-corrected chi connectivity index (χ4v) is 4.52. The van der Waals surface area contributed by atoms with Crippen molar-refractivity contribution >= 4 is 18.0 Å². The van der Waals surface area contributed by atoms with Crippen LogP contribution >= 0.6 is 0 Å². The van der Waals surface area contributed by atoms with Gasteiger partial charge in [-0.25, -0.2) is 4.79 Å². The Hall–Kier alpha value is -3.39. The molecular formula is C27H34N2O6. The van der Waals surface area contributed by atoms with E-state index in [-0.39, 0.29) is 43.9 Å². The van der Waals surface area contributed by atoms with Gasteiger partial charge in [-0.2, -0.15) is 0 Å². The van der Waals surface area contributed by atoms with Crippen molar-refractivity contribution < 1.29 is 29.0 Å². The molecule has 0 saturated heterocycles. The van der Waals surface area contributed by atoms with Crippen LogP contribution in [0, 0.1) is 0 Å². The van der Waals surface area contributed by atoms with Gasteiger partial charge in [-0.1, -0.05) is 61.9 Å². The van der Waals surface area contributed by atoms with E-state index in [2.05, 4.69) is 34.9 Å². The number of carboxylic acid groups (broad SMARTS) is 1. The number of aliphatic carboxylic acids is 1. The molecule has 0 spiro atoms. The van der Waals surface area contributed by atoms with Crippen LogP contribution in [-0.2, 0) is 19.1 Å². The van der Waals surface area contributed by atoms with E-state index in [4.69, 9.17) is 14.6 Å². The number of hydrogen-bond donors (Lipinski definition) is 3. The number of alkyl carbamates (subject to hydrolysis) is 1. The molecule has 0 radical (unpaired) electrons. The van der Waals surface area contributed by atoms with E-state index in [0.717, 1.165) is 28.7 Å². The van der Waals surface area contributed by atoms with Crippen LogP contribution in [0.5, 0.6) is 0 Å². The Morgan fingerprint density at radius 1 is 0.971 bits per heavy atom. The van der Waals surface area contributed by atoms with Gasteiger partial charge in [0.2, 0.25) is 5.91 Å². The number of nitrogens with one attached hydrogen (secondary N) is 2. The van der Waals surface area contributed by atoms with Crippen LogP contribution in [0.25, 0.3) is 11.1 Å². The minimum absolute atomic E-state index is 0.0363. The molecule has 8 heteroatoms. The summed E-state index contributed by atoms with van der Waals surface area (Å²) >= 11 is 0. The van der Waals surface area contributed by atoms with E-state index in [0.29, 0.717) is 13.0 Å². The van der Waals surface area contributed by atoms with E-state index in [1.54, 1.807) is 6.92 Å². The van der Waals surface area contributed by atoms with Gasteiger partial charge < -0.3 is 25.2 Å². The van der Waals surface area contributed by atoms with Crippen molar-refractivity contribution in [1.82, 2.24) is 10.6 Å². The predicted molar refractivity (Wildman–Crippen MR) is 132 cm³/mol. The number of benzene rings is 2. The lowest BCUT2D eigenvalue weighted by molar-refractivity contribution is -0.140. The number of amides is 2. The quantitative estimate of drug-likeness (QED) is 0.396. The summed E-state index contributed by atoms with van der Waals surface area (Å²) in [6.07, 6.45) is 0.121. The molecule has 2 atom stereocenters. The zero-order valence-corrected chi connectivity index (χ0v) is 20.3.